The highest BCUT2D eigenvalue weighted by molar-refractivity contribution is 6.30. The summed E-state index contributed by atoms with van der Waals surface area (Å²) < 4.78 is 31.2. The lowest BCUT2D eigenvalue weighted by molar-refractivity contribution is -0.156. The third-order valence-electron chi connectivity index (χ3n) is 7.02. The average molecular weight is 467 g/mol. The highest BCUT2D eigenvalue weighted by atomic mass is 35.5. The largest absolute Gasteiger partial charge is 0.506 e. The Morgan fingerprint density at radius 1 is 1.16 bits per heavy atom. The maximum absolute atomic E-state index is 10.8. The number of hydrogen-bond donors (Lipinski definition) is 3. The average Bonchev–Trinajstić information content (AvgIpc) is 2.76. The van der Waals surface area contributed by atoms with Crippen LogP contribution in [0.2, 0.25) is 5.02 Å². The van der Waals surface area contributed by atoms with E-state index < -0.39 is 12.5 Å². The van der Waals surface area contributed by atoms with Gasteiger partial charge in [-0.15, -0.1) is 0 Å². The van der Waals surface area contributed by atoms with Crippen LogP contribution in [-0.4, -0.2) is 30.2 Å². The number of rotatable bonds is 2. The van der Waals surface area contributed by atoms with E-state index in [9.17, 15) is 18.3 Å². The molecule has 0 radical (unpaired) electrons. The van der Waals surface area contributed by atoms with Crippen molar-refractivity contribution in [1.29, 1.82) is 0 Å². The second-order valence-corrected chi connectivity index (χ2v) is 9.28. The predicted molar refractivity (Wildman–Crippen MR) is 119 cm³/mol. The molecule has 172 valence electrons. The molecule has 32 heavy (non-hydrogen) atoms. The fourth-order valence-electron chi connectivity index (χ4n) is 5.76. The van der Waals surface area contributed by atoms with E-state index in [0.29, 0.717) is 16.8 Å². The van der Waals surface area contributed by atoms with Gasteiger partial charge in [0.1, 0.15) is 5.75 Å². The Kier molecular flexibility index (Phi) is 6.41. The van der Waals surface area contributed by atoms with Crippen molar-refractivity contribution in [1.82, 2.24) is 5.32 Å². The van der Waals surface area contributed by atoms with E-state index in [1.165, 1.54) is 43.2 Å². The van der Waals surface area contributed by atoms with Crippen LogP contribution >= 0.6 is 11.6 Å². The van der Waals surface area contributed by atoms with Crippen molar-refractivity contribution in [3.63, 3.8) is 0 Å². The molecule has 2 bridgehead atoms. The van der Waals surface area contributed by atoms with Gasteiger partial charge in [0.05, 0.1) is 5.69 Å². The number of hydrogen-bond acceptors (Lipinski definition) is 4. The van der Waals surface area contributed by atoms with E-state index >= 15 is 0 Å². The minimum absolute atomic E-state index is 0.276. The molecule has 0 aromatic heterocycles. The van der Waals surface area contributed by atoms with Crippen molar-refractivity contribution in [3.8, 4) is 5.75 Å². The third-order valence-corrected chi connectivity index (χ3v) is 7.27. The van der Waals surface area contributed by atoms with Gasteiger partial charge in [0.2, 0.25) is 6.29 Å². The Morgan fingerprint density at radius 2 is 1.88 bits per heavy atom. The molecule has 1 heterocycles. The van der Waals surface area contributed by atoms with E-state index in [4.69, 9.17) is 16.4 Å². The molecular weight excluding hydrogens is 441 g/mol. The second-order valence-electron chi connectivity index (χ2n) is 8.84. The summed E-state index contributed by atoms with van der Waals surface area (Å²) in [5, 5.41) is 18.6. The van der Waals surface area contributed by atoms with Crippen molar-refractivity contribution in [3.05, 3.63) is 52.5 Å². The fourth-order valence-corrected chi connectivity index (χ4v) is 5.89. The van der Waals surface area contributed by atoms with Crippen LogP contribution in [0.5, 0.6) is 5.75 Å². The first-order chi connectivity index (χ1) is 15.2. The Balaban J connectivity index is 0.000000363. The van der Waals surface area contributed by atoms with Crippen LogP contribution in [0.25, 0.3) is 0 Å². The summed E-state index contributed by atoms with van der Waals surface area (Å²) in [6.45, 7) is 1.10. The highest BCUT2D eigenvalue weighted by Gasteiger charge is 2.51. The number of aldehydes is 1. The van der Waals surface area contributed by atoms with Gasteiger partial charge >= 0.3 is 6.18 Å². The zero-order valence-corrected chi connectivity index (χ0v) is 18.3. The SMILES string of the molecule is O=CC(F)(F)F.Oc1cc2c(cc1Nc1ccc(Cl)cc1)C[C@@H]1NCC[C@]23CCCC[C@H]13. The third kappa shape index (κ3) is 4.59. The number of phenolic OH excluding ortho intramolecular Hbond substituents is 1. The Bertz CT molecular complexity index is 976. The summed E-state index contributed by atoms with van der Waals surface area (Å²) in [6.07, 6.45) is 1.82. The Hall–Kier alpha value is -2.25. The van der Waals surface area contributed by atoms with Gasteiger partial charge in [0.25, 0.3) is 0 Å². The van der Waals surface area contributed by atoms with Gasteiger partial charge < -0.3 is 15.7 Å². The molecule has 2 fully saturated rings. The van der Waals surface area contributed by atoms with Gasteiger partial charge in [-0.1, -0.05) is 24.4 Å². The minimum atomic E-state index is -4.64. The maximum Gasteiger partial charge on any atom is 0.446 e. The van der Waals surface area contributed by atoms with Crippen molar-refractivity contribution in [2.75, 3.05) is 11.9 Å². The number of carbonyl (C=O) groups excluding carboxylic acids is 1. The normalized spacial score (nSPS) is 26.1. The first-order valence-electron chi connectivity index (χ1n) is 10.9. The first kappa shape index (κ1) is 22.9. The molecule has 4 nitrogen and oxygen atoms in total. The van der Waals surface area contributed by atoms with Crippen LogP contribution in [-0.2, 0) is 16.6 Å². The van der Waals surface area contributed by atoms with Gasteiger partial charge in [-0.3, -0.25) is 4.79 Å². The number of aromatic hydroxyl groups is 1. The van der Waals surface area contributed by atoms with Gasteiger partial charge in [0, 0.05) is 22.2 Å². The second kappa shape index (κ2) is 8.94. The lowest BCUT2D eigenvalue weighted by atomic mass is 9.53. The van der Waals surface area contributed by atoms with E-state index in [0.717, 1.165) is 30.3 Å². The molecule has 2 aromatic carbocycles. The molecule has 3 atom stereocenters. The molecule has 1 aliphatic heterocycles. The van der Waals surface area contributed by atoms with Crippen molar-refractivity contribution >= 4 is 29.3 Å². The molecule has 3 aliphatic rings. The van der Waals surface area contributed by atoms with Crippen molar-refractivity contribution in [2.45, 2.75) is 56.2 Å². The van der Waals surface area contributed by atoms with E-state index in [-0.39, 0.29) is 5.41 Å². The van der Waals surface area contributed by atoms with Gasteiger partial charge in [-0.2, -0.15) is 13.2 Å². The summed E-state index contributed by atoms with van der Waals surface area (Å²) >= 11 is 5.98. The van der Waals surface area contributed by atoms with Crippen LogP contribution in [0.3, 0.4) is 0 Å². The number of halogens is 4. The van der Waals surface area contributed by atoms with Crippen molar-refractivity contribution in [2.24, 2.45) is 5.92 Å². The first-order valence-corrected chi connectivity index (χ1v) is 11.2. The zero-order chi connectivity index (χ0) is 22.9. The summed E-state index contributed by atoms with van der Waals surface area (Å²) in [5.74, 6) is 1.08. The number of fused-ring (bicyclic) bond motifs is 1. The number of anilines is 2. The predicted octanol–water partition coefficient (Wildman–Crippen LogP) is 5.88. The molecule has 3 N–H and O–H groups in total. The van der Waals surface area contributed by atoms with Crippen molar-refractivity contribution < 1.29 is 23.1 Å². The lowest BCUT2D eigenvalue weighted by Gasteiger charge is -2.56. The van der Waals surface area contributed by atoms with Crippen LogP contribution in [0, 0.1) is 5.92 Å². The number of carbonyl (C=O) groups is 1. The highest BCUT2D eigenvalue weighted by Crippen LogP contribution is 2.55. The number of benzene rings is 2. The quantitative estimate of drug-likeness (QED) is 0.382. The zero-order valence-electron chi connectivity index (χ0n) is 17.5. The number of alkyl halides is 3. The number of phenols is 1. The standard InChI is InChI=1S/C22H25ClN2O.C2HF3O/c23-15-4-6-16(7-5-15)25-20-12-14-11-19-17-3-1-2-8-22(17,9-10-24-19)18(14)13-21(20)26;3-2(4,5)1-6/h4-7,12-13,17,19,24-26H,1-3,8-11H2;1H/t17-,19+,22+;/m1./s1. The summed E-state index contributed by atoms with van der Waals surface area (Å²) in [7, 11) is 0. The molecule has 1 saturated heterocycles. The summed E-state index contributed by atoms with van der Waals surface area (Å²) in [6, 6.07) is 12.4. The molecule has 5 rings (SSSR count). The fraction of sp³-hybridized carbons (Fsp3) is 0.458. The molecule has 8 heteroatoms. The maximum atomic E-state index is 10.8. The van der Waals surface area contributed by atoms with E-state index in [1.54, 1.807) is 0 Å². The molecule has 2 aliphatic carbocycles. The van der Waals surface area contributed by atoms with Crippen LogP contribution < -0.4 is 10.6 Å². The van der Waals surface area contributed by atoms with Gasteiger partial charge in [-0.05, 0) is 85.7 Å². The van der Waals surface area contributed by atoms with E-state index in [1.807, 2.05) is 24.3 Å². The summed E-state index contributed by atoms with van der Waals surface area (Å²) in [4.78, 5) is 8.70. The van der Waals surface area contributed by atoms with Gasteiger partial charge in [0.15, 0.2) is 0 Å². The molecular formula is C24H26ClF3N2O2. The smallest absolute Gasteiger partial charge is 0.446 e. The van der Waals surface area contributed by atoms with Crippen LogP contribution in [0.1, 0.15) is 43.2 Å². The monoisotopic (exact) mass is 466 g/mol. The van der Waals surface area contributed by atoms with Crippen LogP contribution in [0.15, 0.2) is 36.4 Å². The topological polar surface area (TPSA) is 61.4 Å². The Morgan fingerprint density at radius 3 is 2.56 bits per heavy atom. The van der Waals surface area contributed by atoms with Gasteiger partial charge in [-0.25, -0.2) is 0 Å². The molecule has 0 unspecified atom stereocenters. The summed E-state index contributed by atoms with van der Waals surface area (Å²) in [5.41, 5.74) is 4.81. The molecule has 1 saturated carbocycles. The Labute approximate surface area is 190 Å². The minimum Gasteiger partial charge on any atom is -0.506 e. The molecule has 2 aromatic rings. The number of piperidine rings is 1. The van der Waals surface area contributed by atoms with Crippen LogP contribution in [0.4, 0.5) is 24.5 Å². The lowest BCUT2D eigenvalue weighted by Crippen LogP contribution is -2.59. The number of nitrogens with one attached hydrogen (secondary N) is 2. The molecule has 0 spiro atoms. The molecule has 0 amide bonds. The van der Waals surface area contributed by atoms with E-state index in [2.05, 4.69) is 22.8 Å².